The molecule has 0 aliphatic carbocycles. The van der Waals surface area contributed by atoms with Crippen LogP contribution in [-0.2, 0) is 14.3 Å². The van der Waals surface area contributed by atoms with Gasteiger partial charge in [0, 0.05) is 18.8 Å². The third-order valence-electron chi connectivity index (χ3n) is 4.78. The molecule has 1 heterocycles. The van der Waals surface area contributed by atoms with Crippen LogP contribution < -0.4 is 15.4 Å². The third-order valence-corrected chi connectivity index (χ3v) is 4.78. The van der Waals surface area contributed by atoms with Crippen LogP contribution in [0.4, 0.5) is 5.69 Å². The molecule has 2 aromatic carbocycles. The van der Waals surface area contributed by atoms with Gasteiger partial charge in [0.15, 0.2) is 6.61 Å². The number of rotatable bonds is 8. The lowest BCUT2D eigenvalue weighted by Crippen LogP contribution is -2.32. The summed E-state index contributed by atoms with van der Waals surface area (Å²) < 4.78 is 11.0. The Labute approximate surface area is 181 Å². The van der Waals surface area contributed by atoms with Crippen LogP contribution in [0.15, 0.2) is 54.1 Å². The topological polar surface area (TPSA) is 100 Å². The predicted octanol–water partition coefficient (Wildman–Crippen LogP) is 3.21. The molecule has 0 unspecified atom stereocenters. The van der Waals surface area contributed by atoms with Crippen LogP contribution in [0.1, 0.15) is 24.0 Å². The van der Waals surface area contributed by atoms with Gasteiger partial charge in [-0.3, -0.25) is 9.59 Å². The van der Waals surface area contributed by atoms with Gasteiger partial charge < -0.3 is 20.1 Å². The summed E-state index contributed by atoms with van der Waals surface area (Å²) in [6, 6.07) is 16.2. The van der Waals surface area contributed by atoms with Gasteiger partial charge in [0.25, 0.3) is 11.8 Å². The van der Waals surface area contributed by atoms with E-state index in [1.54, 1.807) is 24.3 Å². The van der Waals surface area contributed by atoms with Crippen molar-refractivity contribution in [2.45, 2.75) is 25.9 Å². The summed E-state index contributed by atoms with van der Waals surface area (Å²) >= 11 is 0. The Balaban J connectivity index is 1.49. The minimum atomic E-state index is -0.425. The monoisotopic (exact) mass is 419 g/mol. The summed E-state index contributed by atoms with van der Waals surface area (Å²) in [4.78, 5) is 24.2. The molecule has 1 aliphatic rings. The zero-order valence-corrected chi connectivity index (χ0v) is 17.4. The molecule has 0 saturated carbocycles. The van der Waals surface area contributed by atoms with E-state index in [1.165, 1.54) is 6.08 Å². The van der Waals surface area contributed by atoms with Gasteiger partial charge in [0.05, 0.1) is 6.10 Å². The lowest BCUT2D eigenvalue weighted by Gasteiger charge is -2.10. The number of hydrogen-bond acceptors (Lipinski definition) is 5. The molecule has 1 saturated heterocycles. The SMILES string of the molecule is Cc1ccc(NC(=O)COc2ccc(/C=C(\C#N)C(=O)NC[C@H]3CCCO3)cc2)cc1. The first kappa shape index (κ1) is 22.1. The molecule has 0 bridgehead atoms. The summed E-state index contributed by atoms with van der Waals surface area (Å²) in [5.41, 5.74) is 2.52. The summed E-state index contributed by atoms with van der Waals surface area (Å²) in [7, 11) is 0. The number of hydrogen-bond donors (Lipinski definition) is 2. The number of carbonyl (C=O) groups excluding carboxylic acids is 2. The quantitative estimate of drug-likeness (QED) is 0.505. The van der Waals surface area contributed by atoms with Gasteiger partial charge in [0.1, 0.15) is 17.4 Å². The van der Waals surface area contributed by atoms with Gasteiger partial charge in [-0.25, -0.2) is 0 Å². The first-order valence-electron chi connectivity index (χ1n) is 10.1. The minimum Gasteiger partial charge on any atom is -0.484 e. The fourth-order valence-corrected chi connectivity index (χ4v) is 3.07. The van der Waals surface area contributed by atoms with E-state index in [4.69, 9.17) is 9.47 Å². The number of carbonyl (C=O) groups is 2. The molecule has 160 valence electrons. The molecule has 31 heavy (non-hydrogen) atoms. The molecule has 2 aromatic rings. The molecule has 1 fully saturated rings. The van der Waals surface area contributed by atoms with E-state index in [0.29, 0.717) is 30.2 Å². The average molecular weight is 419 g/mol. The fraction of sp³-hybridized carbons (Fsp3) is 0.292. The molecular formula is C24H25N3O4. The van der Waals surface area contributed by atoms with Crippen molar-refractivity contribution >= 4 is 23.6 Å². The number of nitrogens with one attached hydrogen (secondary N) is 2. The Morgan fingerprint density at radius 3 is 2.58 bits per heavy atom. The number of nitrogens with zero attached hydrogens (tertiary/aromatic N) is 1. The van der Waals surface area contributed by atoms with Crippen LogP contribution in [0.25, 0.3) is 6.08 Å². The molecule has 3 rings (SSSR count). The molecular weight excluding hydrogens is 394 g/mol. The molecule has 7 heteroatoms. The number of anilines is 1. The highest BCUT2D eigenvalue weighted by atomic mass is 16.5. The fourth-order valence-electron chi connectivity index (χ4n) is 3.07. The zero-order valence-electron chi connectivity index (χ0n) is 17.4. The molecule has 0 aromatic heterocycles. The smallest absolute Gasteiger partial charge is 0.262 e. The van der Waals surface area contributed by atoms with Crippen LogP contribution >= 0.6 is 0 Å². The predicted molar refractivity (Wildman–Crippen MR) is 117 cm³/mol. The van der Waals surface area contributed by atoms with E-state index >= 15 is 0 Å². The average Bonchev–Trinajstić information content (AvgIpc) is 3.30. The highest BCUT2D eigenvalue weighted by Crippen LogP contribution is 2.16. The number of nitriles is 1. The van der Waals surface area contributed by atoms with E-state index in [2.05, 4.69) is 10.6 Å². The van der Waals surface area contributed by atoms with Gasteiger partial charge >= 0.3 is 0 Å². The second-order valence-corrected chi connectivity index (χ2v) is 7.29. The van der Waals surface area contributed by atoms with Crippen LogP contribution in [-0.4, -0.2) is 37.7 Å². The Morgan fingerprint density at radius 2 is 1.94 bits per heavy atom. The molecule has 2 N–H and O–H groups in total. The lowest BCUT2D eigenvalue weighted by molar-refractivity contribution is -0.118. The van der Waals surface area contributed by atoms with Crippen molar-refractivity contribution in [3.63, 3.8) is 0 Å². The van der Waals surface area contributed by atoms with E-state index in [-0.39, 0.29) is 24.2 Å². The standard InChI is InChI=1S/C24H25N3O4/c1-17-4-8-20(9-5-17)27-23(28)16-31-21-10-6-18(7-11-21)13-19(14-25)24(29)26-15-22-3-2-12-30-22/h4-11,13,22H,2-3,12,15-16H2,1H3,(H,26,29)(H,27,28)/b19-13+/t22-/m1/s1. The molecule has 0 spiro atoms. The summed E-state index contributed by atoms with van der Waals surface area (Å²) in [6.45, 7) is 2.96. The van der Waals surface area contributed by atoms with Crippen molar-refractivity contribution < 1.29 is 19.1 Å². The first-order valence-corrected chi connectivity index (χ1v) is 10.1. The van der Waals surface area contributed by atoms with Crippen LogP contribution in [0, 0.1) is 18.3 Å². The number of benzene rings is 2. The number of amides is 2. The first-order chi connectivity index (χ1) is 15.0. The summed E-state index contributed by atoms with van der Waals surface area (Å²) in [5, 5.41) is 14.8. The number of ether oxygens (including phenoxy) is 2. The van der Waals surface area contributed by atoms with Crippen molar-refractivity contribution in [3.05, 3.63) is 65.2 Å². The van der Waals surface area contributed by atoms with E-state index in [9.17, 15) is 14.9 Å². The summed E-state index contributed by atoms with van der Waals surface area (Å²) in [5.74, 6) is -0.175. The molecule has 7 nitrogen and oxygen atoms in total. The minimum absolute atomic E-state index is 0.0172. The van der Waals surface area contributed by atoms with Crippen molar-refractivity contribution in [2.24, 2.45) is 0 Å². The lowest BCUT2D eigenvalue weighted by atomic mass is 10.1. The maximum absolute atomic E-state index is 12.2. The van der Waals surface area contributed by atoms with Crippen molar-refractivity contribution in [1.82, 2.24) is 5.32 Å². The Hall–Kier alpha value is -3.63. The number of aryl methyl sites for hydroxylation is 1. The Morgan fingerprint density at radius 1 is 1.19 bits per heavy atom. The second-order valence-electron chi connectivity index (χ2n) is 7.29. The van der Waals surface area contributed by atoms with Gasteiger partial charge in [-0.15, -0.1) is 0 Å². The molecule has 1 aliphatic heterocycles. The maximum atomic E-state index is 12.2. The van der Waals surface area contributed by atoms with Crippen LogP contribution in [0.2, 0.25) is 0 Å². The van der Waals surface area contributed by atoms with Gasteiger partial charge in [-0.05, 0) is 55.7 Å². The van der Waals surface area contributed by atoms with E-state index in [1.807, 2.05) is 37.3 Å². The largest absolute Gasteiger partial charge is 0.484 e. The molecule has 2 amide bonds. The molecule has 1 atom stereocenters. The zero-order chi connectivity index (χ0) is 22.1. The van der Waals surface area contributed by atoms with Gasteiger partial charge in [0.2, 0.25) is 0 Å². The molecule has 0 radical (unpaired) electrons. The van der Waals surface area contributed by atoms with Gasteiger partial charge in [-0.1, -0.05) is 29.8 Å². The van der Waals surface area contributed by atoms with E-state index < -0.39 is 5.91 Å². The summed E-state index contributed by atoms with van der Waals surface area (Å²) in [6.07, 6.45) is 3.43. The van der Waals surface area contributed by atoms with E-state index in [0.717, 1.165) is 18.4 Å². The van der Waals surface area contributed by atoms with Crippen LogP contribution in [0.5, 0.6) is 5.75 Å². The second kappa shape index (κ2) is 11.0. The van der Waals surface area contributed by atoms with Crippen molar-refractivity contribution in [2.75, 3.05) is 25.1 Å². The van der Waals surface area contributed by atoms with Crippen molar-refractivity contribution in [1.29, 1.82) is 5.26 Å². The van der Waals surface area contributed by atoms with Gasteiger partial charge in [-0.2, -0.15) is 5.26 Å². The van der Waals surface area contributed by atoms with Crippen LogP contribution in [0.3, 0.4) is 0 Å². The van der Waals surface area contributed by atoms with Crippen molar-refractivity contribution in [3.8, 4) is 11.8 Å². The Bertz CT molecular complexity index is 969. The Kier molecular flexibility index (Phi) is 7.79. The third kappa shape index (κ3) is 6.98. The normalized spacial score (nSPS) is 15.7. The highest BCUT2D eigenvalue weighted by molar-refractivity contribution is 6.01. The highest BCUT2D eigenvalue weighted by Gasteiger charge is 2.17. The maximum Gasteiger partial charge on any atom is 0.262 e.